The molecule has 2 atom stereocenters. The summed E-state index contributed by atoms with van der Waals surface area (Å²) in [5.74, 6) is -0.289. The average Bonchev–Trinajstić information content (AvgIpc) is 2.78. The van der Waals surface area contributed by atoms with Crippen LogP contribution in [0, 0.1) is 5.92 Å². The number of carbonyl (C=O) groups excluding carboxylic acids is 3. The number of hydrogen-bond donors (Lipinski definition) is 2. The number of rotatable bonds is 10. The first-order valence-electron chi connectivity index (χ1n) is 11.3. The number of nitrogens with zero attached hydrogens (tertiary/aromatic N) is 1. The van der Waals surface area contributed by atoms with E-state index in [1.165, 1.54) is 0 Å². The Morgan fingerprint density at radius 1 is 1.06 bits per heavy atom. The number of fused-ring (bicyclic) bond motifs is 1. The molecule has 1 saturated heterocycles. The van der Waals surface area contributed by atoms with Crippen LogP contribution in [0.15, 0.2) is 42.5 Å². The molecule has 0 aromatic heterocycles. The van der Waals surface area contributed by atoms with Gasteiger partial charge in [0.25, 0.3) is 0 Å². The maximum absolute atomic E-state index is 13.1. The van der Waals surface area contributed by atoms with Gasteiger partial charge in [-0.1, -0.05) is 56.3 Å². The smallest absolute Gasteiger partial charge is 0.243 e. The van der Waals surface area contributed by atoms with Crippen LogP contribution in [0.1, 0.15) is 25.8 Å². The van der Waals surface area contributed by atoms with E-state index >= 15 is 0 Å². The first kappa shape index (κ1) is 23.9. The Labute approximate surface area is 189 Å². The molecule has 2 aromatic rings. The van der Waals surface area contributed by atoms with E-state index in [9.17, 15) is 14.4 Å². The fourth-order valence-electron chi connectivity index (χ4n) is 4.04. The van der Waals surface area contributed by atoms with Gasteiger partial charge in [0.05, 0.1) is 25.8 Å². The zero-order chi connectivity index (χ0) is 22.9. The van der Waals surface area contributed by atoms with Crippen molar-refractivity contribution in [1.82, 2.24) is 15.5 Å². The highest BCUT2D eigenvalue weighted by Gasteiger charge is 2.25. The van der Waals surface area contributed by atoms with Crippen LogP contribution in [0.3, 0.4) is 0 Å². The predicted molar refractivity (Wildman–Crippen MR) is 124 cm³/mol. The topological polar surface area (TPSA) is 87.7 Å². The van der Waals surface area contributed by atoms with Gasteiger partial charge in [-0.15, -0.1) is 0 Å². The summed E-state index contributed by atoms with van der Waals surface area (Å²) < 4.78 is 5.34. The van der Waals surface area contributed by atoms with Crippen molar-refractivity contribution < 1.29 is 19.1 Å². The number of aldehydes is 1. The Balaban J connectivity index is 1.76. The molecule has 0 bridgehead atoms. The number of morpholine rings is 1. The van der Waals surface area contributed by atoms with Crippen LogP contribution in [0.25, 0.3) is 10.8 Å². The molecule has 0 spiro atoms. The van der Waals surface area contributed by atoms with Gasteiger partial charge in [-0.3, -0.25) is 14.5 Å². The molecule has 1 aliphatic heterocycles. The van der Waals surface area contributed by atoms with Crippen molar-refractivity contribution in [2.45, 2.75) is 38.8 Å². The summed E-state index contributed by atoms with van der Waals surface area (Å²) in [6.45, 7) is 6.80. The molecule has 2 aromatic carbocycles. The van der Waals surface area contributed by atoms with Gasteiger partial charge in [0.2, 0.25) is 11.8 Å². The molecule has 0 radical (unpaired) electrons. The summed E-state index contributed by atoms with van der Waals surface area (Å²) in [7, 11) is 0. The maximum atomic E-state index is 13.1. The van der Waals surface area contributed by atoms with Crippen LogP contribution in [0.2, 0.25) is 0 Å². The van der Waals surface area contributed by atoms with Crippen molar-refractivity contribution in [3.8, 4) is 0 Å². The largest absolute Gasteiger partial charge is 0.379 e. The first-order valence-corrected chi connectivity index (χ1v) is 11.3. The van der Waals surface area contributed by atoms with Gasteiger partial charge in [-0.2, -0.15) is 0 Å². The first-order chi connectivity index (χ1) is 15.5. The van der Waals surface area contributed by atoms with Crippen LogP contribution in [0.4, 0.5) is 0 Å². The lowest BCUT2D eigenvalue weighted by Gasteiger charge is -2.27. The van der Waals surface area contributed by atoms with E-state index in [4.69, 9.17) is 4.74 Å². The second kappa shape index (κ2) is 11.7. The molecule has 7 heteroatoms. The number of amides is 2. The van der Waals surface area contributed by atoms with E-state index in [0.717, 1.165) is 22.6 Å². The lowest BCUT2D eigenvalue weighted by Crippen LogP contribution is -2.53. The highest BCUT2D eigenvalue weighted by molar-refractivity contribution is 5.91. The average molecular weight is 440 g/mol. The van der Waals surface area contributed by atoms with Crippen LogP contribution in [-0.4, -0.2) is 67.9 Å². The molecule has 2 N–H and O–H groups in total. The molecule has 1 aliphatic rings. The van der Waals surface area contributed by atoms with Crippen molar-refractivity contribution in [2.24, 2.45) is 5.92 Å². The zero-order valence-corrected chi connectivity index (χ0v) is 18.9. The van der Waals surface area contributed by atoms with Crippen LogP contribution in [0.5, 0.6) is 0 Å². The van der Waals surface area contributed by atoms with Crippen molar-refractivity contribution in [3.05, 3.63) is 48.0 Å². The molecular formula is C25H33N3O4. The second-order valence-electron chi connectivity index (χ2n) is 8.73. The highest BCUT2D eigenvalue weighted by Crippen LogP contribution is 2.20. The number of hydrogen-bond acceptors (Lipinski definition) is 5. The Bertz CT molecular complexity index is 919. The SMILES string of the molecule is CC(C)CC(C=O)NC(=O)[C@H](Cc1cccc2ccccc12)NC(=O)CN1CCOCC1. The molecular weight excluding hydrogens is 406 g/mol. The fraction of sp³-hybridized carbons (Fsp3) is 0.480. The number of benzene rings is 2. The van der Waals surface area contributed by atoms with Crippen molar-refractivity contribution in [3.63, 3.8) is 0 Å². The minimum Gasteiger partial charge on any atom is -0.379 e. The minimum absolute atomic E-state index is 0.209. The highest BCUT2D eigenvalue weighted by atomic mass is 16.5. The van der Waals surface area contributed by atoms with Crippen LogP contribution < -0.4 is 10.6 Å². The Morgan fingerprint density at radius 3 is 2.50 bits per heavy atom. The predicted octanol–water partition coefficient (Wildman–Crippen LogP) is 1.93. The summed E-state index contributed by atoms with van der Waals surface area (Å²) in [6.07, 6.45) is 1.66. The standard InChI is InChI=1S/C25H33N3O4/c1-18(2)14-21(17-29)26-25(31)23(27-24(30)16-28-10-12-32-13-11-28)15-20-8-5-7-19-6-3-4-9-22(19)20/h3-9,17-18,21,23H,10-16H2,1-2H3,(H,26,31)(H,27,30)/t21?,23-/m0/s1. The summed E-state index contributed by atoms with van der Waals surface area (Å²) >= 11 is 0. The van der Waals surface area contributed by atoms with E-state index in [2.05, 4.69) is 10.6 Å². The fourth-order valence-corrected chi connectivity index (χ4v) is 4.04. The molecule has 2 amide bonds. The van der Waals surface area contributed by atoms with Crippen molar-refractivity contribution in [1.29, 1.82) is 0 Å². The lowest BCUT2D eigenvalue weighted by atomic mass is 9.97. The quantitative estimate of drug-likeness (QED) is 0.553. The second-order valence-corrected chi connectivity index (χ2v) is 8.73. The summed E-state index contributed by atoms with van der Waals surface area (Å²) in [6, 6.07) is 12.6. The van der Waals surface area contributed by atoms with Gasteiger partial charge in [0.15, 0.2) is 0 Å². The Kier molecular flexibility index (Phi) is 8.76. The number of carbonyl (C=O) groups is 3. The third-order valence-corrected chi connectivity index (χ3v) is 5.64. The molecule has 172 valence electrons. The molecule has 1 unspecified atom stereocenters. The number of nitrogens with one attached hydrogen (secondary N) is 2. The van der Waals surface area contributed by atoms with Gasteiger partial charge in [0.1, 0.15) is 12.3 Å². The molecule has 0 saturated carbocycles. The molecule has 1 heterocycles. The zero-order valence-electron chi connectivity index (χ0n) is 18.9. The molecule has 3 rings (SSSR count). The van der Waals surface area contributed by atoms with E-state index in [0.29, 0.717) is 39.1 Å². The van der Waals surface area contributed by atoms with E-state index in [-0.39, 0.29) is 24.3 Å². The summed E-state index contributed by atoms with van der Waals surface area (Å²) in [5.41, 5.74) is 0.974. The van der Waals surface area contributed by atoms with E-state index < -0.39 is 12.1 Å². The lowest BCUT2D eigenvalue weighted by molar-refractivity contribution is -0.131. The van der Waals surface area contributed by atoms with Crippen molar-refractivity contribution in [2.75, 3.05) is 32.8 Å². The van der Waals surface area contributed by atoms with E-state index in [1.807, 2.05) is 61.2 Å². The van der Waals surface area contributed by atoms with E-state index in [1.54, 1.807) is 0 Å². The van der Waals surface area contributed by atoms with Gasteiger partial charge in [-0.05, 0) is 28.7 Å². The van der Waals surface area contributed by atoms with Crippen LogP contribution in [-0.2, 0) is 25.5 Å². The van der Waals surface area contributed by atoms with Gasteiger partial charge in [-0.25, -0.2) is 0 Å². The molecule has 1 fully saturated rings. The Morgan fingerprint density at radius 2 is 1.78 bits per heavy atom. The maximum Gasteiger partial charge on any atom is 0.243 e. The minimum atomic E-state index is -0.774. The van der Waals surface area contributed by atoms with Gasteiger partial charge >= 0.3 is 0 Å². The summed E-state index contributed by atoms with van der Waals surface area (Å²) in [4.78, 5) is 39.4. The van der Waals surface area contributed by atoms with Crippen LogP contribution >= 0.6 is 0 Å². The van der Waals surface area contributed by atoms with Gasteiger partial charge < -0.3 is 20.2 Å². The normalized spacial score (nSPS) is 16.5. The van der Waals surface area contributed by atoms with Crippen molar-refractivity contribution >= 4 is 28.9 Å². The monoisotopic (exact) mass is 439 g/mol. The molecule has 0 aliphatic carbocycles. The Hall–Kier alpha value is -2.77. The third kappa shape index (κ3) is 6.87. The van der Waals surface area contributed by atoms with Gasteiger partial charge in [0, 0.05) is 19.5 Å². The third-order valence-electron chi connectivity index (χ3n) is 5.64. The summed E-state index contributed by atoms with van der Waals surface area (Å²) in [5, 5.41) is 7.85. The molecule has 32 heavy (non-hydrogen) atoms. The number of ether oxygens (including phenoxy) is 1. The molecule has 7 nitrogen and oxygen atoms in total.